The predicted octanol–water partition coefficient (Wildman–Crippen LogP) is 14.7. The molecule has 0 saturated carbocycles. The molecule has 9 rings (SSSR count). The number of allylic oxidation sites excluding steroid dienone is 5. The Morgan fingerprint density at radius 1 is 0.444 bits per heavy atom. The van der Waals surface area contributed by atoms with Crippen LogP contribution in [0.3, 0.4) is 0 Å². The molecule has 0 saturated heterocycles. The van der Waals surface area contributed by atoms with Crippen molar-refractivity contribution in [2.75, 3.05) is 19.8 Å². The first-order valence-corrected chi connectivity index (χ1v) is 28.2. The highest BCUT2D eigenvalue weighted by molar-refractivity contribution is 6.22. The summed E-state index contributed by atoms with van der Waals surface area (Å²) < 4.78 is 10.5. The molecule has 90 heavy (non-hydrogen) atoms. The molecular weight excluding hydrogens is 1140 g/mol. The van der Waals surface area contributed by atoms with Gasteiger partial charge in [0.1, 0.15) is 38.7 Å². The SMILES string of the molecule is C=C(C)C(=O)c1ccc(OCCOC(=O)CN2C(=O)c3ccccc3C2=O)cc1.CC(=O)/C=C/c1ccc(COO)cc1.CC(=O)C=Cc1ccccc1.Cc1ccc(C(=O)C=Cc2ccccc2)cc1.O=C(/C=C/c1ccc(COO)cc1)c1ccccc1. The van der Waals surface area contributed by atoms with Crippen molar-refractivity contribution < 1.29 is 68.1 Å². The molecule has 1 aliphatic heterocycles. The summed E-state index contributed by atoms with van der Waals surface area (Å²) in [6, 6.07) is 64.0. The number of imide groups is 1. The van der Waals surface area contributed by atoms with Gasteiger partial charge in [-0.25, -0.2) is 9.78 Å². The van der Waals surface area contributed by atoms with Gasteiger partial charge in [0.05, 0.1) is 11.1 Å². The van der Waals surface area contributed by atoms with E-state index in [1.54, 1.807) is 105 Å². The van der Waals surface area contributed by atoms with Crippen molar-refractivity contribution in [3.63, 3.8) is 0 Å². The number of hydrogen-bond donors (Lipinski definition) is 2. The van der Waals surface area contributed by atoms with Gasteiger partial charge in [0.15, 0.2) is 28.9 Å². The summed E-state index contributed by atoms with van der Waals surface area (Å²) in [5.74, 6) is -1.24. The van der Waals surface area contributed by atoms with E-state index in [0.717, 1.165) is 49.4 Å². The third-order valence-corrected chi connectivity index (χ3v) is 12.6. The zero-order valence-corrected chi connectivity index (χ0v) is 50.3. The number of rotatable bonds is 22. The monoisotopic (exact) mass is 1210 g/mol. The third-order valence-electron chi connectivity index (χ3n) is 12.6. The van der Waals surface area contributed by atoms with Gasteiger partial charge in [-0.15, -0.1) is 0 Å². The smallest absolute Gasteiger partial charge is 0.326 e. The summed E-state index contributed by atoms with van der Waals surface area (Å²) >= 11 is 0. The van der Waals surface area contributed by atoms with Crippen molar-refractivity contribution in [2.45, 2.75) is 40.9 Å². The van der Waals surface area contributed by atoms with E-state index in [-0.39, 0.29) is 66.5 Å². The summed E-state index contributed by atoms with van der Waals surface area (Å²) in [6.07, 6.45) is 13.4. The van der Waals surface area contributed by atoms with E-state index in [2.05, 4.69) is 16.4 Å². The lowest BCUT2D eigenvalue weighted by atomic mass is 10.1. The number of ketones is 5. The molecule has 0 bridgehead atoms. The van der Waals surface area contributed by atoms with Crippen LogP contribution in [0.5, 0.6) is 5.75 Å². The van der Waals surface area contributed by atoms with Gasteiger partial charge < -0.3 is 9.47 Å². The Labute approximate surface area is 523 Å². The molecule has 0 spiro atoms. The number of aryl methyl sites for hydroxylation is 1. The van der Waals surface area contributed by atoms with Gasteiger partial charge >= 0.3 is 5.97 Å². The van der Waals surface area contributed by atoms with E-state index in [1.165, 1.54) is 13.0 Å². The molecule has 1 heterocycles. The van der Waals surface area contributed by atoms with Crippen molar-refractivity contribution in [1.82, 2.24) is 4.90 Å². The van der Waals surface area contributed by atoms with E-state index < -0.39 is 24.3 Å². The van der Waals surface area contributed by atoms with Crippen LogP contribution in [-0.2, 0) is 42.1 Å². The molecular formula is C75H69NO14. The number of benzene rings is 8. The number of carbonyl (C=O) groups excluding carboxylic acids is 8. The molecule has 0 fully saturated rings. The van der Waals surface area contributed by atoms with E-state index in [0.29, 0.717) is 22.4 Å². The molecule has 458 valence electrons. The number of ether oxygens (including phenoxy) is 2. The number of nitrogens with zero attached hydrogens (tertiary/aromatic N) is 1. The van der Waals surface area contributed by atoms with Crippen molar-refractivity contribution >= 4 is 71.0 Å². The Kier molecular flexibility index (Phi) is 29.7. The summed E-state index contributed by atoms with van der Waals surface area (Å²) in [5.41, 5.74) is 9.79. The van der Waals surface area contributed by atoms with Crippen LogP contribution < -0.4 is 4.74 Å². The fourth-order valence-corrected chi connectivity index (χ4v) is 7.83. The van der Waals surface area contributed by atoms with Crippen molar-refractivity contribution in [2.24, 2.45) is 0 Å². The second-order valence-corrected chi connectivity index (χ2v) is 19.8. The highest BCUT2D eigenvalue weighted by Crippen LogP contribution is 2.22. The number of amides is 2. The van der Waals surface area contributed by atoms with Gasteiger partial charge in [-0.1, -0.05) is 212 Å². The lowest BCUT2D eigenvalue weighted by Crippen LogP contribution is -2.36. The zero-order chi connectivity index (χ0) is 65.0. The number of fused-ring (bicyclic) bond motifs is 1. The molecule has 15 heteroatoms. The molecule has 8 aromatic carbocycles. The normalized spacial score (nSPS) is 11.2. The lowest BCUT2D eigenvalue weighted by molar-refractivity contribution is -0.253. The summed E-state index contributed by atoms with van der Waals surface area (Å²) in [5, 5.41) is 16.5. The lowest BCUT2D eigenvalue weighted by Gasteiger charge is -2.13. The molecule has 2 amide bonds. The summed E-state index contributed by atoms with van der Waals surface area (Å²) in [6.45, 7) is 10.2. The Bertz CT molecular complexity index is 3740. The Morgan fingerprint density at radius 2 is 0.822 bits per heavy atom. The Morgan fingerprint density at radius 3 is 1.23 bits per heavy atom. The Balaban J connectivity index is 0.000000213. The van der Waals surface area contributed by atoms with Gasteiger partial charge in [-0.3, -0.25) is 53.8 Å². The molecule has 8 aromatic rings. The van der Waals surface area contributed by atoms with Crippen LogP contribution >= 0.6 is 0 Å². The van der Waals surface area contributed by atoms with Crippen LogP contribution in [0.25, 0.3) is 24.3 Å². The van der Waals surface area contributed by atoms with Crippen LogP contribution in [0.1, 0.15) is 112 Å². The Hall–Kier alpha value is -10.9. The standard InChI is InChI=1S/C22H19NO6.C16H14O3.C16H14O.C11H12O3.C10H10O/c1-14(2)20(25)15-7-9-16(10-8-15)28-11-12-29-19(24)13-23-21(26)17-5-3-4-6-18(17)22(23)27;17-16(15-4-2-1-3-5-15)11-10-13-6-8-14(9-7-13)12-19-18;1-13-7-10-15(11-8-13)16(17)12-9-14-5-3-2-4-6-14;1-9(12)2-3-10-4-6-11(7-5-10)8-14-13;1-9(11)7-8-10-5-3-2-4-6-10/h3-10H,1,11-13H2,2H3;1-11,18H,12H2;2-12H,1H3;2-7,13H,8H2,1H3;2-8H,1H3/b;11-10+;;3-2+;. The topological polar surface area (TPSA) is 217 Å². The molecule has 2 N–H and O–H groups in total. The van der Waals surface area contributed by atoms with Crippen LogP contribution in [0.15, 0.2) is 249 Å². The average molecular weight is 1210 g/mol. The van der Waals surface area contributed by atoms with E-state index in [4.69, 9.17) is 20.0 Å². The van der Waals surface area contributed by atoms with Crippen molar-refractivity contribution in [1.29, 1.82) is 0 Å². The number of hydrogen-bond acceptors (Lipinski definition) is 14. The van der Waals surface area contributed by atoms with Crippen molar-refractivity contribution in [3.8, 4) is 5.75 Å². The van der Waals surface area contributed by atoms with Gasteiger partial charge in [-0.2, -0.15) is 0 Å². The first-order valence-electron chi connectivity index (χ1n) is 28.2. The predicted molar refractivity (Wildman–Crippen MR) is 348 cm³/mol. The molecule has 0 unspecified atom stereocenters. The van der Waals surface area contributed by atoms with E-state index in [9.17, 15) is 38.4 Å². The van der Waals surface area contributed by atoms with Gasteiger partial charge in [-0.05, 0) is 127 Å². The second-order valence-electron chi connectivity index (χ2n) is 19.8. The number of esters is 1. The fourth-order valence-electron chi connectivity index (χ4n) is 7.83. The minimum Gasteiger partial charge on any atom is -0.490 e. The molecule has 0 atom stereocenters. The zero-order valence-electron chi connectivity index (χ0n) is 50.3. The first kappa shape index (κ1) is 69.8. The highest BCUT2D eigenvalue weighted by Gasteiger charge is 2.36. The maximum Gasteiger partial charge on any atom is 0.326 e. The van der Waals surface area contributed by atoms with Crippen molar-refractivity contribution in [3.05, 3.63) is 316 Å². The maximum absolute atomic E-state index is 12.2. The maximum atomic E-state index is 12.2. The van der Waals surface area contributed by atoms with Gasteiger partial charge in [0.25, 0.3) is 11.8 Å². The largest absolute Gasteiger partial charge is 0.490 e. The molecule has 0 aliphatic carbocycles. The summed E-state index contributed by atoms with van der Waals surface area (Å²) in [4.78, 5) is 102. The summed E-state index contributed by atoms with van der Waals surface area (Å²) in [7, 11) is 0. The van der Waals surface area contributed by atoms with E-state index in [1.807, 2.05) is 171 Å². The minimum absolute atomic E-state index is 0.0211. The van der Waals surface area contributed by atoms with E-state index >= 15 is 0 Å². The van der Waals surface area contributed by atoms with Crippen LogP contribution in [-0.4, -0.2) is 81.9 Å². The quantitative estimate of drug-likeness (QED) is 0.0123. The first-order chi connectivity index (χ1) is 43.4. The fraction of sp³-hybridized carbons (Fsp3) is 0.120. The molecule has 15 nitrogen and oxygen atoms in total. The van der Waals surface area contributed by atoms with Gasteiger partial charge in [0.2, 0.25) is 0 Å². The van der Waals surface area contributed by atoms with Crippen LogP contribution in [0.4, 0.5) is 0 Å². The molecule has 1 aliphatic rings. The second kappa shape index (κ2) is 38.3. The van der Waals surface area contributed by atoms with Crippen LogP contribution in [0.2, 0.25) is 0 Å². The number of carbonyl (C=O) groups is 8. The molecule has 0 radical (unpaired) electrons. The third kappa shape index (κ3) is 25.2. The minimum atomic E-state index is -0.703. The number of Topliss-reactive ketones (excluding diaryl/α,β-unsaturated/α-hetero) is 1. The average Bonchev–Trinajstić information content (AvgIpc) is 1.74. The van der Waals surface area contributed by atoms with Gasteiger partial charge in [0, 0.05) is 16.7 Å². The molecule has 0 aromatic heterocycles. The van der Waals surface area contributed by atoms with Crippen LogP contribution in [0, 0.1) is 6.92 Å². The highest BCUT2D eigenvalue weighted by atomic mass is 17.1.